The SMILES string of the molecule is Cc1ccc(F)c([C@@H](C(F)F)N2CCNCC2)c1O. The molecule has 0 aromatic heterocycles. The van der Waals surface area contributed by atoms with Crippen LogP contribution in [0.5, 0.6) is 5.75 Å². The molecule has 0 saturated carbocycles. The van der Waals surface area contributed by atoms with Crippen LogP contribution in [0.15, 0.2) is 12.1 Å². The molecule has 1 aliphatic rings. The molecule has 0 bridgehead atoms. The maximum absolute atomic E-state index is 13.9. The van der Waals surface area contributed by atoms with Crippen LogP contribution in [-0.4, -0.2) is 42.6 Å². The highest BCUT2D eigenvalue weighted by atomic mass is 19.3. The van der Waals surface area contributed by atoms with Gasteiger partial charge >= 0.3 is 0 Å². The lowest BCUT2D eigenvalue weighted by Gasteiger charge is -2.35. The van der Waals surface area contributed by atoms with E-state index in [1.54, 1.807) is 6.92 Å². The summed E-state index contributed by atoms with van der Waals surface area (Å²) in [5.41, 5.74) is 0.106. The molecule has 2 N–H and O–H groups in total. The third-order valence-electron chi connectivity index (χ3n) is 3.45. The minimum Gasteiger partial charge on any atom is -0.507 e. The second-order valence-electron chi connectivity index (χ2n) is 4.69. The number of aromatic hydroxyl groups is 1. The average molecular weight is 274 g/mol. The highest BCUT2D eigenvalue weighted by molar-refractivity contribution is 5.42. The fourth-order valence-corrected chi connectivity index (χ4v) is 2.40. The number of alkyl halides is 2. The maximum Gasteiger partial charge on any atom is 0.258 e. The van der Waals surface area contributed by atoms with E-state index in [1.807, 2.05) is 0 Å². The van der Waals surface area contributed by atoms with E-state index in [-0.39, 0.29) is 11.3 Å². The van der Waals surface area contributed by atoms with Crippen LogP contribution in [0.4, 0.5) is 13.2 Å². The van der Waals surface area contributed by atoms with Crippen LogP contribution in [0.2, 0.25) is 0 Å². The van der Waals surface area contributed by atoms with Gasteiger partial charge in [-0.05, 0) is 18.6 Å². The Balaban J connectivity index is 2.41. The van der Waals surface area contributed by atoms with Gasteiger partial charge in [0.15, 0.2) is 0 Å². The molecular formula is C13H17F3N2O. The van der Waals surface area contributed by atoms with E-state index in [9.17, 15) is 18.3 Å². The lowest BCUT2D eigenvalue weighted by Crippen LogP contribution is -2.47. The van der Waals surface area contributed by atoms with Crippen LogP contribution >= 0.6 is 0 Å². The van der Waals surface area contributed by atoms with Crippen LogP contribution in [0.25, 0.3) is 0 Å². The number of rotatable bonds is 3. The Bertz CT molecular complexity index is 448. The third kappa shape index (κ3) is 2.84. The summed E-state index contributed by atoms with van der Waals surface area (Å²) in [5, 5.41) is 13.0. The van der Waals surface area contributed by atoms with Crippen molar-refractivity contribution in [2.24, 2.45) is 0 Å². The van der Waals surface area contributed by atoms with Gasteiger partial charge in [-0.2, -0.15) is 0 Å². The van der Waals surface area contributed by atoms with Gasteiger partial charge in [-0.25, -0.2) is 13.2 Å². The lowest BCUT2D eigenvalue weighted by atomic mass is 10.00. The monoisotopic (exact) mass is 274 g/mol. The van der Waals surface area contributed by atoms with Crippen LogP contribution < -0.4 is 5.32 Å². The van der Waals surface area contributed by atoms with Crippen molar-refractivity contribution in [1.29, 1.82) is 0 Å². The molecule has 1 atom stereocenters. The Kier molecular flexibility index (Phi) is 4.31. The number of phenols is 1. The second-order valence-corrected chi connectivity index (χ2v) is 4.69. The van der Waals surface area contributed by atoms with Crippen LogP contribution in [-0.2, 0) is 0 Å². The first kappa shape index (κ1) is 14.1. The van der Waals surface area contributed by atoms with Crippen molar-refractivity contribution < 1.29 is 18.3 Å². The van der Waals surface area contributed by atoms with Gasteiger partial charge in [0.2, 0.25) is 0 Å². The summed E-state index contributed by atoms with van der Waals surface area (Å²) in [6, 6.07) is 1.11. The number of benzene rings is 1. The predicted molar refractivity (Wildman–Crippen MR) is 66.0 cm³/mol. The van der Waals surface area contributed by atoms with Gasteiger partial charge < -0.3 is 10.4 Å². The molecule has 6 heteroatoms. The Morgan fingerprint density at radius 1 is 1.26 bits per heavy atom. The second kappa shape index (κ2) is 5.79. The summed E-state index contributed by atoms with van der Waals surface area (Å²) in [4.78, 5) is 1.51. The molecule has 0 unspecified atom stereocenters. The first-order chi connectivity index (χ1) is 9.02. The van der Waals surface area contributed by atoms with Gasteiger partial charge in [-0.15, -0.1) is 0 Å². The van der Waals surface area contributed by atoms with Gasteiger partial charge in [0.05, 0.1) is 5.56 Å². The zero-order valence-electron chi connectivity index (χ0n) is 10.7. The number of hydrogen-bond acceptors (Lipinski definition) is 3. The molecule has 106 valence electrons. The Labute approximate surface area is 110 Å². The van der Waals surface area contributed by atoms with Gasteiger partial charge in [0.25, 0.3) is 6.43 Å². The van der Waals surface area contributed by atoms with E-state index in [0.717, 1.165) is 6.07 Å². The zero-order chi connectivity index (χ0) is 14.0. The van der Waals surface area contributed by atoms with Crippen molar-refractivity contribution in [3.05, 3.63) is 29.1 Å². The zero-order valence-corrected chi connectivity index (χ0v) is 10.7. The predicted octanol–water partition coefficient (Wildman–Crippen LogP) is 2.05. The number of halogens is 3. The van der Waals surface area contributed by atoms with E-state index in [0.29, 0.717) is 31.7 Å². The standard InChI is InChI=1S/C13H17F3N2O/c1-8-2-3-9(14)10(12(8)19)11(13(15)16)18-6-4-17-5-7-18/h2-3,11,13,17,19H,4-7H2,1H3/t11-/m0/s1. The number of nitrogens with one attached hydrogen (secondary N) is 1. The van der Waals surface area contributed by atoms with Crippen molar-refractivity contribution >= 4 is 0 Å². The molecule has 1 saturated heterocycles. The normalized spacial score (nSPS) is 18.8. The summed E-state index contributed by atoms with van der Waals surface area (Å²) in [6.07, 6.45) is -2.75. The summed E-state index contributed by atoms with van der Waals surface area (Å²) >= 11 is 0. The van der Waals surface area contributed by atoms with E-state index < -0.39 is 18.3 Å². The summed E-state index contributed by atoms with van der Waals surface area (Å²) < 4.78 is 40.5. The minimum absolute atomic E-state index is 0.295. The molecular weight excluding hydrogens is 257 g/mol. The van der Waals surface area contributed by atoms with Gasteiger partial charge in [0.1, 0.15) is 17.6 Å². The summed E-state index contributed by atoms with van der Waals surface area (Å²) in [7, 11) is 0. The quantitative estimate of drug-likeness (QED) is 0.885. The van der Waals surface area contributed by atoms with Gasteiger partial charge in [0, 0.05) is 26.2 Å². The highest BCUT2D eigenvalue weighted by Crippen LogP contribution is 2.37. The molecule has 1 heterocycles. The van der Waals surface area contributed by atoms with Crippen molar-refractivity contribution in [2.75, 3.05) is 26.2 Å². The molecule has 1 fully saturated rings. The smallest absolute Gasteiger partial charge is 0.258 e. The van der Waals surface area contributed by atoms with Crippen LogP contribution in [0, 0.1) is 12.7 Å². The average Bonchev–Trinajstić information content (AvgIpc) is 2.39. The Morgan fingerprint density at radius 2 is 1.89 bits per heavy atom. The fraction of sp³-hybridized carbons (Fsp3) is 0.538. The summed E-state index contributed by atoms with van der Waals surface area (Å²) in [5.74, 6) is -1.16. The third-order valence-corrected chi connectivity index (χ3v) is 3.45. The lowest BCUT2D eigenvalue weighted by molar-refractivity contribution is 0.0151. The molecule has 0 aliphatic carbocycles. The van der Waals surface area contributed by atoms with Crippen molar-refractivity contribution in [3.8, 4) is 5.75 Å². The molecule has 0 spiro atoms. The Hall–Kier alpha value is -1.27. The van der Waals surface area contributed by atoms with Gasteiger partial charge in [-0.3, -0.25) is 4.90 Å². The molecule has 3 nitrogen and oxygen atoms in total. The van der Waals surface area contributed by atoms with E-state index in [2.05, 4.69) is 5.32 Å². The van der Waals surface area contributed by atoms with Crippen molar-refractivity contribution in [3.63, 3.8) is 0 Å². The first-order valence-electron chi connectivity index (χ1n) is 6.23. The highest BCUT2D eigenvalue weighted by Gasteiger charge is 2.34. The fourth-order valence-electron chi connectivity index (χ4n) is 2.40. The molecule has 19 heavy (non-hydrogen) atoms. The van der Waals surface area contributed by atoms with Crippen LogP contribution in [0.1, 0.15) is 17.2 Å². The molecule has 1 aliphatic heterocycles. The van der Waals surface area contributed by atoms with Gasteiger partial charge in [-0.1, -0.05) is 6.07 Å². The van der Waals surface area contributed by atoms with Crippen molar-refractivity contribution in [2.45, 2.75) is 19.4 Å². The van der Waals surface area contributed by atoms with E-state index >= 15 is 0 Å². The van der Waals surface area contributed by atoms with Crippen LogP contribution in [0.3, 0.4) is 0 Å². The molecule has 2 rings (SSSR count). The minimum atomic E-state index is -2.75. The van der Waals surface area contributed by atoms with E-state index in [4.69, 9.17) is 0 Å². The molecule has 1 aromatic carbocycles. The van der Waals surface area contributed by atoms with E-state index in [1.165, 1.54) is 11.0 Å². The first-order valence-corrected chi connectivity index (χ1v) is 6.23. The van der Waals surface area contributed by atoms with Crippen molar-refractivity contribution in [1.82, 2.24) is 10.2 Å². The molecule has 0 amide bonds. The number of hydrogen-bond donors (Lipinski definition) is 2. The number of piperazine rings is 1. The largest absolute Gasteiger partial charge is 0.507 e. The number of phenolic OH excluding ortho intramolecular Hbond substituents is 1. The molecule has 0 radical (unpaired) electrons. The maximum atomic E-state index is 13.9. The Morgan fingerprint density at radius 3 is 2.47 bits per heavy atom. The summed E-state index contributed by atoms with van der Waals surface area (Å²) in [6.45, 7) is 3.54. The number of aryl methyl sites for hydroxylation is 1. The molecule has 1 aromatic rings. The topological polar surface area (TPSA) is 35.5 Å². The number of nitrogens with zero attached hydrogens (tertiary/aromatic N) is 1.